The van der Waals surface area contributed by atoms with Crippen LogP contribution in [0.15, 0.2) is 209 Å². The van der Waals surface area contributed by atoms with E-state index in [0.717, 1.165) is 136 Å². The van der Waals surface area contributed by atoms with Gasteiger partial charge in [-0.25, -0.2) is 19.9 Å². The Labute approximate surface area is 390 Å². The van der Waals surface area contributed by atoms with E-state index in [1.165, 1.54) is 0 Å². The monoisotopic (exact) mass is 887 g/mol. The predicted molar refractivity (Wildman–Crippen MR) is 279 cm³/mol. The van der Waals surface area contributed by atoms with E-state index >= 15 is 0 Å². The van der Waals surface area contributed by atoms with E-state index in [0.29, 0.717) is 11.8 Å². The molecule has 0 fully saturated rings. The van der Waals surface area contributed by atoms with Crippen LogP contribution in [0.3, 0.4) is 0 Å². The number of fused-ring (bicyclic) bond motifs is 13. The van der Waals surface area contributed by atoms with Gasteiger partial charge in [0.25, 0.3) is 0 Å². The number of para-hydroxylation sites is 6. The lowest BCUT2D eigenvalue weighted by Gasteiger charge is -2.12. The van der Waals surface area contributed by atoms with Gasteiger partial charge in [-0.15, -0.1) is 11.3 Å². The molecule has 0 spiro atoms. The first-order valence-corrected chi connectivity index (χ1v) is 23.4. The second-order valence-electron chi connectivity index (χ2n) is 17.3. The average molecular weight is 888 g/mol. The lowest BCUT2D eigenvalue weighted by Crippen LogP contribution is -2.03. The van der Waals surface area contributed by atoms with Gasteiger partial charge in [0, 0.05) is 64.5 Å². The minimum absolute atomic E-state index is 0.594. The summed E-state index contributed by atoms with van der Waals surface area (Å²) in [6.45, 7) is 0. The quantitative estimate of drug-likeness (QED) is 0.171. The largest absolute Gasteiger partial charge is 0.455 e. The third-order valence-electron chi connectivity index (χ3n) is 13.5. The SMILES string of the molecule is c1ccc(-c2nc(-c3cccc4c3oc3ccccc34)nc3c2sc2cc4c5ccccc5n(-c5nc(-c6ccc(-c7cccc8c7oc7ccccc78)cc6)c6ccccc6n5)c4cc23)cc1. The maximum Gasteiger partial charge on any atom is 0.235 e. The molecule has 0 saturated carbocycles. The van der Waals surface area contributed by atoms with Crippen LogP contribution in [0.1, 0.15) is 0 Å². The number of hydrogen-bond donors (Lipinski definition) is 0. The van der Waals surface area contributed by atoms with E-state index in [9.17, 15) is 0 Å². The molecule has 0 aliphatic carbocycles. The van der Waals surface area contributed by atoms with Crippen molar-refractivity contribution in [3.05, 3.63) is 200 Å². The van der Waals surface area contributed by atoms with Gasteiger partial charge in [-0.1, -0.05) is 158 Å². The summed E-state index contributed by atoms with van der Waals surface area (Å²) in [7, 11) is 0. The van der Waals surface area contributed by atoms with Gasteiger partial charge in [0.15, 0.2) is 5.82 Å². The molecule has 0 saturated heterocycles. The van der Waals surface area contributed by atoms with Crippen LogP contribution < -0.4 is 0 Å². The van der Waals surface area contributed by atoms with Crippen LogP contribution in [0.5, 0.6) is 0 Å². The van der Waals surface area contributed by atoms with E-state index in [2.05, 4.69) is 162 Å². The fourth-order valence-corrected chi connectivity index (χ4v) is 11.5. The third kappa shape index (κ3) is 5.46. The summed E-state index contributed by atoms with van der Waals surface area (Å²) in [5.74, 6) is 1.21. The van der Waals surface area contributed by atoms with Gasteiger partial charge in [-0.2, -0.15) is 0 Å². The van der Waals surface area contributed by atoms with Crippen molar-refractivity contribution in [1.82, 2.24) is 24.5 Å². The van der Waals surface area contributed by atoms with Crippen molar-refractivity contribution in [3.63, 3.8) is 0 Å². The molecule has 6 aromatic heterocycles. The van der Waals surface area contributed by atoms with Crippen molar-refractivity contribution >= 4 is 108 Å². The van der Waals surface area contributed by atoms with Crippen molar-refractivity contribution in [2.45, 2.75) is 0 Å². The maximum absolute atomic E-state index is 6.55. The summed E-state index contributed by atoms with van der Waals surface area (Å²) in [5.41, 5.74) is 13.9. The molecule has 8 heteroatoms. The molecule has 6 heterocycles. The van der Waals surface area contributed by atoms with Crippen LogP contribution in [0.4, 0.5) is 0 Å². The van der Waals surface area contributed by atoms with Gasteiger partial charge >= 0.3 is 0 Å². The Hall–Kier alpha value is -8.98. The number of aromatic nitrogens is 5. The molecular formula is C60H33N5O2S. The number of nitrogens with zero attached hydrogens (tertiary/aromatic N) is 5. The summed E-state index contributed by atoms with van der Waals surface area (Å²) in [4.78, 5) is 21.6. The lowest BCUT2D eigenvalue weighted by molar-refractivity contribution is 0.669. The molecule has 15 rings (SSSR count). The number of furan rings is 2. The molecule has 316 valence electrons. The third-order valence-corrected chi connectivity index (χ3v) is 14.6. The highest BCUT2D eigenvalue weighted by atomic mass is 32.1. The van der Waals surface area contributed by atoms with E-state index < -0.39 is 0 Å². The van der Waals surface area contributed by atoms with Crippen LogP contribution in [0, 0.1) is 0 Å². The first kappa shape index (κ1) is 37.3. The minimum Gasteiger partial charge on any atom is -0.455 e. The molecule has 0 amide bonds. The fourth-order valence-electron chi connectivity index (χ4n) is 10.3. The van der Waals surface area contributed by atoms with Crippen LogP contribution >= 0.6 is 11.3 Å². The highest BCUT2D eigenvalue weighted by molar-refractivity contribution is 7.26. The van der Waals surface area contributed by atoms with Crippen LogP contribution in [-0.2, 0) is 0 Å². The molecule has 0 atom stereocenters. The number of hydrogen-bond acceptors (Lipinski definition) is 7. The Morgan fingerprint density at radius 1 is 0.382 bits per heavy atom. The first-order valence-electron chi connectivity index (χ1n) is 22.6. The van der Waals surface area contributed by atoms with Gasteiger partial charge in [0.05, 0.1) is 43.7 Å². The molecule has 7 nitrogen and oxygen atoms in total. The van der Waals surface area contributed by atoms with Crippen molar-refractivity contribution in [2.24, 2.45) is 0 Å². The summed E-state index contributed by atoms with van der Waals surface area (Å²) in [6.07, 6.45) is 0. The number of rotatable bonds is 5. The minimum atomic E-state index is 0.594. The first-order chi connectivity index (χ1) is 33.7. The number of thiophene rings is 1. The van der Waals surface area contributed by atoms with Crippen molar-refractivity contribution in [1.29, 1.82) is 0 Å². The van der Waals surface area contributed by atoms with Crippen LogP contribution in [0.25, 0.3) is 148 Å². The Balaban J connectivity index is 0.943. The van der Waals surface area contributed by atoms with E-state index in [4.69, 9.17) is 28.8 Å². The molecule has 68 heavy (non-hydrogen) atoms. The second-order valence-corrected chi connectivity index (χ2v) is 18.3. The maximum atomic E-state index is 6.55. The van der Waals surface area contributed by atoms with E-state index in [-0.39, 0.29) is 0 Å². The standard InChI is InChI=1S/C60H33N5O2S/c1-2-14-35(15-3-1)54-58-55(63-59(62-54)44-23-13-22-42-40-18-7-11-27-51(40)67-57(42)44)46-32-49-45(33-52(46)68-58)38-16-5-9-25-48(38)65(49)60-61-47-24-8-4-19-43(47)53(64-60)36-30-28-34(29-31-36)37-20-12-21-41-39-17-6-10-26-50(39)66-56(37)41/h1-33H. The topological polar surface area (TPSA) is 82.8 Å². The van der Waals surface area contributed by atoms with Gasteiger partial charge in [-0.3, -0.25) is 4.57 Å². The van der Waals surface area contributed by atoms with Gasteiger partial charge < -0.3 is 8.83 Å². The Morgan fingerprint density at radius 2 is 0.985 bits per heavy atom. The zero-order valence-corrected chi connectivity index (χ0v) is 36.8. The second kappa shape index (κ2) is 14.3. The van der Waals surface area contributed by atoms with E-state index in [1.807, 2.05) is 42.5 Å². The molecular weight excluding hydrogens is 855 g/mol. The van der Waals surface area contributed by atoms with Crippen molar-refractivity contribution < 1.29 is 8.83 Å². The Bertz CT molecular complexity index is 4560. The molecule has 0 aliphatic heterocycles. The normalized spacial score (nSPS) is 12.1. The summed E-state index contributed by atoms with van der Waals surface area (Å²) >= 11 is 1.73. The summed E-state index contributed by atoms with van der Waals surface area (Å²) in [5, 5.41) is 8.58. The summed E-state index contributed by atoms with van der Waals surface area (Å²) in [6, 6.07) is 69.5. The molecule has 0 bridgehead atoms. The van der Waals surface area contributed by atoms with Crippen molar-refractivity contribution in [2.75, 3.05) is 0 Å². The molecule has 0 aliphatic rings. The fraction of sp³-hybridized carbons (Fsp3) is 0. The average Bonchev–Trinajstić information content (AvgIpc) is 4.16. The highest BCUT2D eigenvalue weighted by Crippen LogP contribution is 2.45. The molecule has 9 aromatic carbocycles. The van der Waals surface area contributed by atoms with Crippen LogP contribution in [0.2, 0.25) is 0 Å². The highest BCUT2D eigenvalue weighted by Gasteiger charge is 2.23. The lowest BCUT2D eigenvalue weighted by atomic mass is 9.99. The van der Waals surface area contributed by atoms with Crippen LogP contribution in [-0.4, -0.2) is 24.5 Å². The predicted octanol–water partition coefficient (Wildman–Crippen LogP) is 16.4. The van der Waals surface area contributed by atoms with Gasteiger partial charge in [-0.05, 0) is 48.0 Å². The molecule has 0 radical (unpaired) electrons. The van der Waals surface area contributed by atoms with Crippen molar-refractivity contribution in [3.8, 4) is 51.0 Å². The zero-order valence-electron chi connectivity index (χ0n) is 36.0. The Morgan fingerprint density at radius 3 is 1.75 bits per heavy atom. The zero-order chi connectivity index (χ0) is 44.5. The van der Waals surface area contributed by atoms with Gasteiger partial charge in [0.2, 0.25) is 5.95 Å². The summed E-state index contributed by atoms with van der Waals surface area (Å²) < 4.78 is 17.3. The number of benzene rings is 9. The molecule has 0 unspecified atom stereocenters. The van der Waals surface area contributed by atoms with E-state index in [1.54, 1.807) is 11.3 Å². The smallest absolute Gasteiger partial charge is 0.235 e. The Kier molecular flexibility index (Phi) is 7.81. The van der Waals surface area contributed by atoms with Gasteiger partial charge in [0.1, 0.15) is 22.3 Å². The molecule has 0 N–H and O–H groups in total. The molecule has 15 aromatic rings.